The standard InChI is InChI=1S/C20H17N3O4S/c1-11(24)12-6-7-15-16(8-12)27-20(26)23(15)10-18(25)22-19-14(9-21)13-4-2-3-5-17(13)28-19/h6-8H,2-5,10H2,1H3,(H,22,25). The second-order valence-corrected chi connectivity index (χ2v) is 7.87. The summed E-state index contributed by atoms with van der Waals surface area (Å²) in [5.74, 6) is -1.21. The lowest BCUT2D eigenvalue weighted by Crippen LogP contribution is -2.24. The molecule has 1 aliphatic carbocycles. The predicted octanol–water partition coefficient (Wildman–Crippen LogP) is 3.25. The highest BCUT2D eigenvalue weighted by molar-refractivity contribution is 7.16. The van der Waals surface area contributed by atoms with Crippen LogP contribution in [0, 0.1) is 11.3 Å². The van der Waals surface area contributed by atoms with Gasteiger partial charge in [0.15, 0.2) is 11.4 Å². The highest BCUT2D eigenvalue weighted by atomic mass is 32.1. The lowest BCUT2D eigenvalue weighted by atomic mass is 9.96. The van der Waals surface area contributed by atoms with Gasteiger partial charge in [-0.25, -0.2) is 4.79 Å². The zero-order chi connectivity index (χ0) is 19.8. The van der Waals surface area contributed by atoms with Gasteiger partial charge in [-0.3, -0.25) is 14.2 Å². The van der Waals surface area contributed by atoms with Crippen molar-refractivity contribution in [2.75, 3.05) is 5.32 Å². The summed E-state index contributed by atoms with van der Waals surface area (Å²) >= 11 is 1.44. The average molecular weight is 395 g/mol. The molecule has 1 N–H and O–H groups in total. The van der Waals surface area contributed by atoms with E-state index in [9.17, 15) is 19.6 Å². The maximum atomic E-state index is 12.6. The van der Waals surface area contributed by atoms with Crippen LogP contribution in [0.15, 0.2) is 27.4 Å². The van der Waals surface area contributed by atoms with Gasteiger partial charge in [-0.05, 0) is 56.4 Å². The van der Waals surface area contributed by atoms with Crippen molar-refractivity contribution in [3.8, 4) is 6.07 Å². The predicted molar refractivity (Wildman–Crippen MR) is 105 cm³/mol. The fraction of sp³-hybridized carbons (Fsp3) is 0.300. The van der Waals surface area contributed by atoms with Gasteiger partial charge in [0.05, 0.1) is 11.1 Å². The van der Waals surface area contributed by atoms with Crippen LogP contribution in [0.1, 0.15) is 46.1 Å². The molecule has 1 amide bonds. The van der Waals surface area contributed by atoms with Crippen LogP contribution in [0.2, 0.25) is 0 Å². The van der Waals surface area contributed by atoms with Crippen LogP contribution in [0.4, 0.5) is 5.00 Å². The van der Waals surface area contributed by atoms with E-state index in [1.807, 2.05) is 0 Å². The Balaban J connectivity index is 1.61. The van der Waals surface area contributed by atoms with Gasteiger partial charge >= 0.3 is 5.76 Å². The first kappa shape index (κ1) is 18.2. The molecule has 0 radical (unpaired) electrons. The number of hydrogen-bond donors (Lipinski definition) is 1. The summed E-state index contributed by atoms with van der Waals surface area (Å²) in [7, 11) is 0. The Bertz CT molecular complexity index is 1210. The number of aryl methyl sites for hydroxylation is 1. The van der Waals surface area contributed by atoms with E-state index in [1.54, 1.807) is 12.1 Å². The number of carbonyl (C=O) groups is 2. The molecule has 0 spiro atoms. The van der Waals surface area contributed by atoms with E-state index in [4.69, 9.17) is 4.42 Å². The molecule has 0 aliphatic heterocycles. The topological polar surface area (TPSA) is 105 Å². The zero-order valence-corrected chi connectivity index (χ0v) is 16.0. The molecule has 8 heteroatoms. The van der Waals surface area contributed by atoms with Crippen molar-refractivity contribution in [3.63, 3.8) is 0 Å². The monoisotopic (exact) mass is 395 g/mol. The van der Waals surface area contributed by atoms with Gasteiger partial charge in [0.1, 0.15) is 17.6 Å². The van der Waals surface area contributed by atoms with E-state index in [-0.39, 0.29) is 17.9 Å². The first-order valence-corrected chi connectivity index (χ1v) is 9.78. The molecule has 1 aromatic carbocycles. The Labute approximate surface area is 164 Å². The largest absolute Gasteiger partial charge is 0.420 e. The molecule has 28 heavy (non-hydrogen) atoms. The first-order valence-electron chi connectivity index (χ1n) is 8.96. The van der Waals surface area contributed by atoms with Gasteiger partial charge in [-0.1, -0.05) is 0 Å². The molecule has 0 bridgehead atoms. The molecular weight excluding hydrogens is 378 g/mol. The summed E-state index contributed by atoms with van der Waals surface area (Å²) in [6.45, 7) is 1.19. The molecule has 0 saturated carbocycles. The van der Waals surface area contributed by atoms with Crippen molar-refractivity contribution in [2.24, 2.45) is 0 Å². The quantitative estimate of drug-likeness (QED) is 0.683. The van der Waals surface area contributed by atoms with Gasteiger partial charge in [-0.2, -0.15) is 5.26 Å². The third kappa shape index (κ3) is 3.14. The number of carbonyl (C=O) groups excluding carboxylic acids is 2. The van der Waals surface area contributed by atoms with Crippen molar-refractivity contribution in [1.82, 2.24) is 4.57 Å². The van der Waals surface area contributed by atoms with E-state index in [0.29, 0.717) is 21.6 Å². The summed E-state index contributed by atoms with van der Waals surface area (Å²) in [5.41, 5.74) is 2.70. The summed E-state index contributed by atoms with van der Waals surface area (Å²) in [6, 6.07) is 6.88. The normalized spacial score (nSPS) is 13.1. The van der Waals surface area contributed by atoms with Crippen LogP contribution in [0.3, 0.4) is 0 Å². The van der Waals surface area contributed by atoms with Crippen LogP contribution in [0.5, 0.6) is 0 Å². The summed E-state index contributed by atoms with van der Waals surface area (Å²) in [5, 5.41) is 12.8. The van der Waals surface area contributed by atoms with Crippen LogP contribution in [0.25, 0.3) is 11.1 Å². The van der Waals surface area contributed by atoms with Crippen LogP contribution < -0.4 is 11.1 Å². The van der Waals surface area contributed by atoms with Crippen molar-refractivity contribution < 1.29 is 14.0 Å². The Morgan fingerprint density at radius 2 is 2.11 bits per heavy atom. The molecule has 0 fully saturated rings. The fourth-order valence-electron chi connectivity index (χ4n) is 3.52. The zero-order valence-electron chi connectivity index (χ0n) is 15.2. The minimum atomic E-state index is -0.670. The molecule has 1 aliphatic rings. The van der Waals surface area contributed by atoms with Gasteiger partial charge in [-0.15, -0.1) is 11.3 Å². The second kappa shape index (κ2) is 7.09. The smallest absolute Gasteiger partial charge is 0.408 e. The number of thiophene rings is 1. The first-order chi connectivity index (χ1) is 13.5. The maximum Gasteiger partial charge on any atom is 0.420 e. The Morgan fingerprint density at radius 3 is 2.86 bits per heavy atom. The number of fused-ring (bicyclic) bond motifs is 2. The van der Waals surface area contributed by atoms with Crippen LogP contribution in [-0.4, -0.2) is 16.3 Å². The van der Waals surface area contributed by atoms with Crippen LogP contribution in [-0.2, 0) is 24.2 Å². The van der Waals surface area contributed by atoms with Gasteiger partial charge in [0.2, 0.25) is 5.91 Å². The Hall–Kier alpha value is -3.18. The lowest BCUT2D eigenvalue weighted by molar-refractivity contribution is -0.116. The molecular formula is C20H17N3O4S. The lowest BCUT2D eigenvalue weighted by Gasteiger charge is -2.09. The van der Waals surface area contributed by atoms with Crippen molar-refractivity contribution in [3.05, 3.63) is 50.3 Å². The Morgan fingerprint density at radius 1 is 1.32 bits per heavy atom. The van der Waals surface area contributed by atoms with Crippen molar-refractivity contribution in [1.29, 1.82) is 5.26 Å². The molecule has 2 aromatic heterocycles. The number of Topliss-reactive ketones (excluding diaryl/α,β-unsaturated/α-hetero) is 1. The molecule has 3 aromatic rings. The number of aromatic nitrogens is 1. The molecule has 0 unspecified atom stereocenters. The highest BCUT2D eigenvalue weighted by Crippen LogP contribution is 2.37. The summed E-state index contributed by atoms with van der Waals surface area (Å²) in [6.07, 6.45) is 3.92. The number of nitrogens with one attached hydrogen (secondary N) is 1. The maximum absolute atomic E-state index is 12.6. The highest BCUT2D eigenvalue weighted by Gasteiger charge is 2.22. The number of ketones is 1. The molecule has 4 rings (SSSR count). The number of benzene rings is 1. The van der Waals surface area contributed by atoms with E-state index in [0.717, 1.165) is 36.1 Å². The summed E-state index contributed by atoms with van der Waals surface area (Å²) < 4.78 is 6.39. The molecule has 0 saturated heterocycles. The number of oxazole rings is 1. The number of anilines is 1. The number of nitrogens with zero attached hydrogens (tertiary/aromatic N) is 2. The number of amides is 1. The van der Waals surface area contributed by atoms with Gasteiger partial charge < -0.3 is 9.73 Å². The van der Waals surface area contributed by atoms with E-state index >= 15 is 0 Å². The Kier molecular flexibility index (Phi) is 4.61. The van der Waals surface area contributed by atoms with E-state index in [2.05, 4.69) is 11.4 Å². The molecule has 2 heterocycles. The van der Waals surface area contributed by atoms with Crippen molar-refractivity contribution in [2.45, 2.75) is 39.2 Å². The summed E-state index contributed by atoms with van der Waals surface area (Å²) in [4.78, 5) is 37.4. The number of hydrogen-bond acceptors (Lipinski definition) is 6. The average Bonchev–Trinajstić information content (AvgIpc) is 3.17. The third-order valence-corrected chi connectivity index (χ3v) is 6.12. The van der Waals surface area contributed by atoms with E-state index in [1.165, 1.54) is 28.9 Å². The SMILES string of the molecule is CC(=O)c1ccc2c(c1)oc(=O)n2CC(=O)Nc1sc2c(c1C#N)CCCC2. The van der Waals surface area contributed by atoms with Crippen LogP contribution >= 0.6 is 11.3 Å². The third-order valence-electron chi connectivity index (χ3n) is 4.91. The van der Waals surface area contributed by atoms with Crippen molar-refractivity contribution >= 4 is 39.1 Å². The molecule has 7 nitrogen and oxygen atoms in total. The minimum Gasteiger partial charge on any atom is -0.408 e. The minimum absolute atomic E-state index is 0.138. The second-order valence-electron chi connectivity index (χ2n) is 6.77. The van der Waals surface area contributed by atoms with Gasteiger partial charge in [0, 0.05) is 10.4 Å². The molecule has 142 valence electrons. The molecule has 0 atom stereocenters. The fourth-order valence-corrected chi connectivity index (χ4v) is 4.77. The van der Waals surface area contributed by atoms with E-state index < -0.39 is 11.7 Å². The number of rotatable bonds is 4. The number of nitriles is 1. The van der Waals surface area contributed by atoms with Gasteiger partial charge in [0.25, 0.3) is 0 Å².